The van der Waals surface area contributed by atoms with Crippen molar-refractivity contribution in [2.45, 2.75) is 26.2 Å². The molecule has 0 atom stereocenters. The highest BCUT2D eigenvalue weighted by Gasteiger charge is 2.14. The Bertz CT molecular complexity index is 102. The smallest absolute Gasteiger partial charge is 0.0644 e. The van der Waals surface area contributed by atoms with E-state index in [0.717, 1.165) is 6.42 Å². The third-order valence-corrected chi connectivity index (χ3v) is 1.62. The van der Waals surface area contributed by atoms with Crippen molar-refractivity contribution < 1.29 is 5.11 Å². The van der Waals surface area contributed by atoms with E-state index in [1.807, 2.05) is 0 Å². The van der Waals surface area contributed by atoms with Gasteiger partial charge in [-0.2, -0.15) is 0 Å². The van der Waals surface area contributed by atoms with Gasteiger partial charge < -0.3 is 5.11 Å². The van der Waals surface area contributed by atoms with E-state index in [2.05, 4.69) is 6.92 Å². The average molecular weight is 112 g/mol. The summed E-state index contributed by atoms with van der Waals surface area (Å²) >= 11 is 0. The molecule has 0 aromatic rings. The second-order valence-electron chi connectivity index (χ2n) is 2.22. The predicted octanol–water partition coefficient (Wildman–Crippen LogP) is 1.48. The van der Waals surface area contributed by atoms with E-state index in [9.17, 15) is 0 Å². The summed E-state index contributed by atoms with van der Waals surface area (Å²) in [6.07, 6.45) is 3.51. The van der Waals surface area contributed by atoms with Crippen LogP contribution in [0, 0.1) is 0 Å². The Morgan fingerprint density at radius 1 is 1.62 bits per heavy atom. The van der Waals surface area contributed by atoms with Crippen molar-refractivity contribution in [3.8, 4) is 0 Å². The van der Waals surface area contributed by atoms with Gasteiger partial charge in [-0.05, 0) is 24.8 Å². The molecule has 0 bridgehead atoms. The average Bonchev–Trinajstić information content (AvgIpc) is 2.53. The Kier molecular flexibility index (Phi) is 1.69. The number of aliphatic hydroxyl groups is 1. The maximum absolute atomic E-state index is 8.68. The lowest BCUT2D eigenvalue weighted by molar-refractivity contribution is 0.327. The molecule has 0 aliphatic heterocycles. The summed E-state index contributed by atoms with van der Waals surface area (Å²) in [5.41, 5.74) is 2.76. The molecule has 1 heteroatoms. The lowest BCUT2D eigenvalue weighted by atomic mass is 10.2. The van der Waals surface area contributed by atoms with Gasteiger partial charge in [-0.15, -0.1) is 0 Å². The van der Waals surface area contributed by atoms with Gasteiger partial charge in [-0.1, -0.05) is 12.5 Å². The molecule has 1 saturated carbocycles. The first kappa shape index (κ1) is 5.83. The van der Waals surface area contributed by atoms with Crippen LogP contribution in [0.4, 0.5) is 0 Å². The van der Waals surface area contributed by atoms with Crippen molar-refractivity contribution in [1.29, 1.82) is 0 Å². The fourth-order valence-electron chi connectivity index (χ4n) is 0.890. The Hall–Kier alpha value is -0.300. The fraction of sp³-hybridized carbons (Fsp3) is 0.714. The molecule has 1 nitrogen and oxygen atoms in total. The van der Waals surface area contributed by atoms with Crippen LogP contribution in [0.25, 0.3) is 0 Å². The Balaban J connectivity index is 2.49. The lowest BCUT2D eigenvalue weighted by Gasteiger charge is -1.94. The first-order chi connectivity index (χ1) is 3.88. The van der Waals surface area contributed by atoms with Crippen LogP contribution in [0.3, 0.4) is 0 Å². The summed E-state index contributed by atoms with van der Waals surface area (Å²) in [6, 6.07) is 0. The first-order valence-electron chi connectivity index (χ1n) is 3.19. The Morgan fingerprint density at radius 2 is 2.25 bits per heavy atom. The van der Waals surface area contributed by atoms with Crippen LogP contribution < -0.4 is 0 Å². The van der Waals surface area contributed by atoms with Crippen LogP contribution >= 0.6 is 0 Å². The number of aliphatic hydroxyl groups excluding tert-OH is 1. The number of rotatable bonds is 2. The molecule has 0 aromatic heterocycles. The van der Waals surface area contributed by atoms with Crippen molar-refractivity contribution in [2.24, 2.45) is 0 Å². The minimum Gasteiger partial charge on any atom is -0.392 e. The molecule has 0 amide bonds. The molecular weight excluding hydrogens is 100 g/mol. The monoisotopic (exact) mass is 112 g/mol. The van der Waals surface area contributed by atoms with E-state index in [-0.39, 0.29) is 6.61 Å². The van der Waals surface area contributed by atoms with Gasteiger partial charge in [-0.25, -0.2) is 0 Å². The van der Waals surface area contributed by atoms with E-state index in [0.29, 0.717) is 0 Å². The van der Waals surface area contributed by atoms with Crippen LogP contribution in [-0.2, 0) is 0 Å². The van der Waals surface area contributed by atoms with Crippen LogP contribution in [-0.4, -0.2) is 11.7 Å². The van der Waals surface area contributed by atoms with E-state index >= 15 is 0 Å². The zero-order valence-corrected chi connectivity index (χ0v) is 5.28. The fourth-order valence-corrected chi connectivity index (χ4v) is 0.890. The molecule has 0 radical (unpaired) electrons. The number of hydrogen-bond donors (Lipinski definition) is 1. The molecule has 8 heavy (non-hydrogen) atoms. The van der Waals surface area contributed by atoms with E-state index in [1.54, 1.807) is 0 Å². The maximum Gasteiger partial charge on any atom is 0.0644 e. The normalized spacial score (nSPS) is 16.5. The summed E-state index contributed by atoms with van der Waals surface area (Å²) < 4.78 is 0. The molecule has 0 aromatic carbocycles. The van der Waals surface area contributed by atoms with Crippen LogP contribution in [0.1, 0.15) is 26.2 Å². The van der Waals surface area contributed by atoms with Crippen molar-refractivity contribution in [3.05, 3.63) is 11.1 Å². The zero-order valence-electron chi connectivity index (χ0n) is 5.28. The summed E-state index contributed by atoms with van der Waals surface area (Å²) in [5.74, 6) is 0. The second kappa shape index (κ2) is 2.31. The quantitative estimate of drug-likeness (QED) is 0.536. The molecule has 1 fully saturated rings. The van der Waals surface area contributed by atoms with Crippen molar-refractivity contribution >= 4 is 0 Å². The second-order valence-corrected chi connectivity index (χ2v) is 2.22. The minimum atomic E-state index is 0.284. The third-order valence-electron chi connectivity index (χ3n) is 1.62. The zero-order chi connectivity index (χ0) is 5.98. The molecule has 0 unspecified atom stereocenters. The van der Waals surface area contributed by atoms with Gasteiger partial charge in [-0.3, -0.25) is 0 Å². The largest absolute Gasteiger partial charge is 0.392 e. The van der Waals surface area contributed by atoms with E-state index in [1.165, 1.54) is 24.0 Å². The molecular formula is C7H12O. The van der Waals surface area contributed by atoms with E-state index in [4.69, 9.17) is 5.11 Å². The first-order valence-corrected chi connectivity index (χ1v) is 3.19. The van der Waals surface area contributed by atoms with Crippen LogP contribution in [0.15, 0.2) is 11.1 Å². The Labute approximate surface area is 50.0 Å². The van der Waals surface area contributed by atoms with Gasteiger partial charge >= 0.3 is 0 Å². The topological polar surface area (TPSA) is 20.2 Å². The molecule has 0 heterocycles. The minimum absolute atomic E-state index is 0.284. The predicted molar refractivity (Wildman–Crippen MR) is 33.6 cm³/mol. The molecule has 1 aliphatic carbocycles. The van der Waals surface area contributed by atoms with Crippen LogP contribution in [0.5, 0.6) is 0 Å². The van der Waals surface area contributed by atoms with E-state index < -0.39 is 0 Å². The van der Waals surface area contributed by atoms with Crippen molar-refractivity contribution in [1.82, 2.24) is 0 Å². The summed E-state index contributed by atoms with van der Waals surface area (Å²) in [6.45, 7) is 2.38. The van der Waals surface area contributed by atoms with Gasteiger partial charge in [0.15, 0.2) is 0 Å². The van der Waals surface area contributed by atoms with Crippen molar-refractivity contribution in [2.75, 3.05) is 6.61 Å². The summed E-state index contributed by atoms with van der Waals surface area (Å²) in [7, 11) is 0. The van der Waals surface area contributed by atoms with Gasteiger partial charge in [0, 0.05) is 0 Å². The van der Waals surface area contributed by atoms with Gasteiger partial charge in [0.2, 0.25) is 0 Å². The maximum atomic E-state index is 8.68. The molecule has 46 valence electrons. The third kappa shape index (κ3) is 1.10. The SMILES string of the molecule is CCC(CO)=C1CC1. The summed E-state index contributed by atoms with van der Waals surface area (Å²) in [4.78, 5) is 0. The molecule has 0 saturated heterocycles. The van der Waals surface area contributed by atoms with Gasteiger partial charge in [0.25, 0.3) is 0 Å². The lowest BCUT2D eigenvalue weighted by Crippen LogP contribution is -1.86. The number of hydrogen-bond acceptors (Lipinski definition) is 1. The molecule has 0 spiro atoms. The molecule has 1 aliphatic rings. The highest BCUT2D eigenvalue weighted by atomic mass is 16.3. The highest BCUT2D eigenvalue weighted by Crippen LogP contribution is 2.32. The molecule has 1 N–H and O–H groups in total. The Morgan fingerprint density at radius 3 is 2.38 bits per heavy atom. The van der Waals surface area contributed by atoms with Gasteiger partial charge in [0.05, 0.1) is 6.61 Å². The van der Waals surface area contributed by atoms with Gasteiger partial charge in [0.1, 0.15) is 0 Å². The van der Waals surface area contributed by atoms with Crippen LogP contribution in [0.2, 0.25) is 0 Å². The highest BCUT2D eigenvalue weighted by molar-refractivity contribution is 5.24. The van der Waals surface area contributed by atoms with Crippen molar-refractivity contribution in [3.63, 3.8) is 0 Å². The molecule has 1 rings (SSSR count). The standard InChI is InChI=1S/C7H12O/c1-2-6(5-8)7-3-4-7/h8H,2-5H2,1H3. The number of allylic oxidation sites excluding steroid dienone is 1. The summed E-state index contributed by atoms with van der Waals surface area (Å²) in [5, 5.41) is 8.68.